The Bertz CT molecular complexity index is 215. The second-order valence-electron chi connectivity index (χ2n) is 5.81. The maximum atomic E-state index is 11.4. The van der Waals surface area contributed by atoms with E-state index in [1.807, 2.05) is 0 Å². The van der Waals surface area contributed by atoms with E-state index in [4.69, 9.17) is 0 Å². The molecule has 0 spiro atoms. The lowest BCUT2D eigenvalue weighted by Crippen LogP contribution is -2.35. The van der Waals surface area contributed by atoms with Crippen LogP contribution in [0.1, 0.15) is 53.9 Å². The predicted molar refractivity (Wildman–Crippen MR) is 60.1 cm³/mol. The molecule has 2 atom stereocenters. The first-order valence-electron chi connectivity index (χ1n) is 5.88. The molecule has 0 heterocycles. The Morgan fingerprint density at radius 1 is 1.36 bits per heavy atom. The van der Waals surface area contributed by atoms with Gasteiger partial charge in [0.25, 0.3) is 0 Å². The quantitative estimate of drug-likeness (QED) is 0.658. The third-order valence-corrected chi connectivity index (χ3v) is 4.47. The van der Waals surface area contributed by atoms with Crippen molar-refractivity contribution in [1.29, 1.82) is 0 Å². The fourth-order valence-corrected chi connectivity index (χ4v) is 2.39. The van der Waals surface area contributed by atoms with Crippen LogP contribution in [0.3, 0.4) is 0 Å². The standard InChI is InChI=1S/C13H24O/c1-9(2)13(4,5)11-6-7-12(14)10(3)8-11/h9-11H,6-8H2,1-5H3. The minimum atomic E-state index is 0.298. The first kappa shape index (κ1) is 11.7. The highest BCUT2D eigenvalue weighted by Gasteiger charge is 2.37. The Balaban J connectivity index is 2.67. The van der Waals surface area contributed by atoms with Gasteiger partial charge in [0.1, 0.15) is 5.78 Å². The first-order chi connectivity index (χ1) is 6.35. The Morgan fingerprint density at radius 3 is 2.36 bits per heavy atom. The van der Waals surface area contributed by atoms with Crippen LogP contribution in [0.15, 0.2) is 0 Å². The van der Waals surface area contributed by atoms with Crippen molar-refractivity contribution in [1.82, 2.24) is 0 Å². The van der Waals surface area contributed by atoms with Gasteiger partial charge in [-0.15, -0.1) is 0 Å². The highest BCUT2D eigenvalue weighted by Crippen LogP contribution is 2.43. The molecule has 0 N–H and O–H groups in total. The Hall–Kier alpha value is -0.330. The summed E-state index contributed by atoms with van der Waals surface area (Å²) in [6.45, 7) is 11.4. The van der Waals surface area contributed by atoms with Gasteiger partial charge in [-0.1, -0.05) is 34.6 Å². The van der Waals surface area contributed by atoms with E-state index in [0.717, 1.165) is 25.2 Å². The van der Waals surface area contributed by atoms with Crippen molar-refractivity contribution < 1.29 is 4.79 Å². The second kappa shape index (κ2) is 4.04. The van der Waals surface area contributed by atoms with E-state index < -0.39 is 0 Å². The summed E-state index contributed by atoms with van der Waals surface area (Å²) in [6, 6.07) is 0. The molecule has 0 radical (unpaired) electrons. The largest absolute Gasteiger partial charge is 0.299 e. The summed E-state index contributed by atoms with van der Waals surface area (Å²) < 4.78 is 0. The van der Waals surface area contributed by atoms with Crippen LogP contribution in [0.5, 0.6) is 0 Å². The van der Waals surface area contributed by atoms with Crippen molar-refractivity contribution in [3.8, 4) is 0 Å². The summed E-state index contributed by atoms with van der Waals surface area (Å²) >= 11 is 0. The van der Waals surface area contributed by atoms with Crippen LogP contribution in [0.4, 0.5) is 0 Å². The molecule has 0 saturated heterocycles. The lowest BCUT2D eigenvalue weighted by molar-refractivity contribution is -0.126. The Morgan fingerprint density at radius 2 is 1.93 bits per heavy atom. The zero-order chi connectivity index (χ0) is 10.9. The minimum Gasteiger partial charge on any atom is -0.299 e. The van der Waals surface area contributed by atoms with Gasteiger partial charge in [-0.05, 0) is 30.1 Å². The molecule has 1 heteroatoms. The van der Waals surface area contributed by atoms with Gasteiger partial charge in [-0.3, -0.25) is 4.79 Å². The van der Waals surface area contributed by atoms with Gasteiger partial charge in [-0.2, -0.15) is 0 Å². The molecule has 0 bridgehead atoms. The van der Waals surface area contributed by atoms with Gasteiger partial charge in [0.05, 0.1) is 0 Å². The molecule has 2 unspecified atom stereocenters. The third kappa shape index (κ3) is 2.18. The van der Waals surface area contributed by atoms with Crippen molar-refractivity contribution in [2.75, 3.05) is 0 Å². The Labute approximate surface area is 88.3 Å². The van der Waals surface area contributed by atoms with Crippen molar-refractivity contribution in [3.63, 3.8) is 0 Å². The number of Topliss-reactive ketones (excluding diaryl/α,β-unsaturated/α-hetero) is 1. The van der Waals surface area contributed by atoms with Gasteiger partial charge in [0.2, 0.25) is 0 Å². The summed E-state index contributed by atoms with van der Waals surface area (Å²) in [5.41, 5.74) is 0.384. The van der Waals surface area contributed by atoms with E-state index in [2.05, 4.69) is 34.6 Å². The summed E-state index contributed by atoms with van der Waals surface area (Å²) in [6.07, 6.45) is 3.01. The zero-order valence-electron chi connectivity index (χ0n) is 10.3. The lowest BCUT2D eigenvalue weighted by atomic mass is 9.63. The summed E-state index contributed by atoms with van der Waals surface area (Å²) in [5.74, 6) is 2.20. The topological polar surface area (TPSA) is 17.1 Å². The smallest absolute Gasteiger partial charge is 0.135 e. The van der Waals surface area contributed by atoms with E-state index in [1.54, 1.807) is 0 Å². The van der Waals surface area contributed by atoms with Crippen LogP contribution in [0.2, 0.25) is 0 Å². The molecule has 1 nitrogen and oxygen atoms in total. The molecule has 1 saturated carbocycles. The number of ketones is 1. The summed E-state index contributed by atoms with van der Waals surface area (Å²) in [5, 5.41) is 0. The van der Waals surface area contributed by atoms with Crippen molar-refractivity contribution >= 4 is 5.78 Å². The predicted octanol–water partition coefficient (Wildman–Crippen LogP) is 3.67. The number of hydrogen-bond acceptors (Lipinski definition) is 1. The van der Waals surface area contributed by atoms with Gasteiger partial charge < -0.3 is 0 Å². The van der Waals surface area contributed by atoms with E-state index in [-0.39, 0.29) is 0 Å². The lowest BCUT2D eigenvalue weighted by Gasteiger charge is -2.41. The molecule has 1 aliphatic rings. The van der Waals surface area contributed by atoms with Crippen molar-refractivity contribution in [2.45, 2.75) is 53.9 Å². The van der Waals surface area contributed by atoms with E-state index >= 15 is 0 Å². The minimum absolute atomic E-state index is 0.298. The van der Waals surface area contributed by atoms with E-state index in [0.29, 0.717) is 23.0 Å². The summed E-state index contributed by atoms with van der Waals surface area (Å²) in [4.78, 5) is 11.4. The van der Waals surface area contributed by atoms with Crippen LogP contribution >= 0.6 is 0 Å². The number of carbonyl (C=O) groups excluding carboxylic acids is 1. The fraction of sp³-hybridized carbons (Fsp3) is 0.923. The molecule has 1 rings (SSSR count). The maximum absolute atomic E-state index is 11.4. The third-order valence-electron chi connectivity index (χ3n) is 4.47. The highest BCUT2D eigenvalue weighted by molar-refractivity contribution is 5.81. The number of rotatable bonds is 2. The van der Waals surface area contributed by atoms with Crippen LogP contribution in [-0.2, 0) is 4.79 Å². The molecule has 0 aromatic rings. The van der Waals surface area contributed by atoms with Crippen molar-refractivity contribution in [2.24, 2.45) is 23.2 Å². The van der Waals surface area contributed by atoms with Crippen LogP contribution in [0.25, 0.3) is 0 Å². The maximum Gasteiger partial charge on any atom is 0.135 e. The molecule has 82 valence electrons. The van der Waals surface area contributed by atoms with Gasteiger partial charge >= 0.3 is 0 Å². The fourth-order valence-electron chi connectivity index (χ4n) is 2.39. The van der Waals surface area contributed by atoms with Crippen molar-refractivity contribution in [3.05, 3.63) is 0 Å². The molecule has 1 aliphatic carbocycles. The normalized spacial score (nSPS) is 29.7. The molecule has 0 amide bonds. The van der Waals surface area contributed by atoms with Gasteiger partial charge in [-0.25, -0.2) is 0 Å². The summed E-state index contributed by atoms with van der Waals surface area (Å²) in [7, 11) is 0. The van der Waals surface area contributed by atoms with E-state index in [1.165, 1.54) is 0 Å². The van der Waals surface area contributed by atoms with Crippen LogP contribution in [-0.4, -0.2) is 5.78 Å². The van der Waals surface area contributed by atoms with E-state index in [9.17, 15) is 4.79 Å². The number of hydrogen-bond donors (Lipinski definition) is 0. The Kier molecular flexibility index (Phi) is 3.39. The molecule has 0 aliphatic heterocycles. The van der Waals surface area contributed by atoms with Crippen LogP contribution < -0.4 is 0 Å². The molecule has 1 fully saturated rings. The average Bonchev–Trinajstić information content (AvgIpc) is 2.09. The molecule has 0 aromatic heterocycles. The average molecular weight is 196 g/mol. The molecule has 14 heavy (non-hydrogen) atoms. The highest BCUT2D eigenvalue weighted by atomic mass is 16.1. The van der Waals surface area contributed by atoms with Crippen LogP contribution in [0, 0.1) is 23.2 Å². The molecular formula is C13H24O. The van der Waals surface area contributed by atoms with Gasteiger partial charge in [0.15, 0.2) is 0 Å². The van der Waals surface area contributed by atoms with Gasteiger partial charge in [0, 0.05) is 12.3 Å². The molecular weight excluding hydrogens is 172 g/mol. The SMILES string of the molecule is CC1CC(C(C)(C)C(C)C)CCC1=O. The monoisotopic (exact) mass is 196 g/mol. The first-order valence-corrected chi connectivity index (χ1v) is 5.88. The zero-order valence-corrected chi connectivity index (χ0v) is 10.3. The second-order valence-corrected chi connectivity index (χ2v) is 5.81. The molecule has 0 aromatic carbocycles. The number of carbonyl (C=O) groups is 1.